The van der Waals surface area contributed by atoms with E-state index in [1.165, 1.54) is 5.56 Å². The summed E-state index contributed by atoms with van der Waals surface area (Å²) in [5, 5.41) is 9.30. The molecule has 0 radical (unpaired) electrons. The van der Waals surface area contributed by atoms with Crippen LogP contribution < -0.4 is 10.1 Å². The van der Waals surface area contributed by atoms with Crippen molar-refractivity contribution < 1.29 is 9.53 Å². The number of nitrogens with zero attached hydrogens (tertiary/aromatic N) is 1. The Morgan fingerprint density at radius 1 is 1.42 bits per heavy atom. The van der Waals surface area contributed by atoms with Crippen LogP contribution in [-0.2, 0) is 6.42 Å². The zero-order valence-electron chi connectivity index (χ0n) is 10.4. The summed E-state index contributed by atoms with van der Waals surface area (Å²) >= 11 is 0. The van der Waals surface area contributed by atoms with E-state index in [4.69, 9.17) is 4.74 Å². The molecule has 0 saturated carbocycles. The number of aromatic nitrogens is 2. The van der Waals surface area contributed by atoms with Crippen LogP contribution in [0.2, 0.25) is 0 Å². The number of hydrogen-bond acceptors (Lipinski definition) is 3. The fraction of sp³-hybridized carbons (Fsp3) is 0.286. The molecule has 5 heteroatoms. The van der Waals surface area contributed by atoms with Crippen LogP contribution in [0.3, 0.4) is 0 Å². The summed E-state index contributed by atoms with van der Waals surface area (Å²) < 4.78 is 5.69. The third-order valence-electron chi connectivity index (χ3n) is 3.25. The Kier molecular flexibility index (Phi) is 3.18. The highest BCUT2D eigenvalue weighted by Crippen LogP contribution is 2.26. The second kappa shape index (κ2) is 5.14. The first kappa shape index (κ1) is 11.8. The van der Waals surface area contributed by atoms with E-state index in [-0.39, 0.29) is 5.91 Å². The van der Waals surface area contributed by atoms with Crippen molar-refractivity contribution in [1.29, 1.82) is 0 Å². The normalized spacial score (nSPS) is 17.4. The Balaban J connectivity index is 1.57. The number of hydrogen-bond donors (Lipinski definition) is 2. The van der Waals surface area contributed by atoms with Crippen molar-refractivity contribution in [1.82, 2.24) is 15.5 Å². The van der Waals surface area contributed by atoms with Crippen molar-refractivity contribution in [2.45, 2.75) is 6.42 Å². The van der Waals surface area contributed by atoms with Crippen molar-refractivity contribution in [3.05, 3.63) is 47.8 Å². The largest absolute Gasteiger partial charge is 0.493 e. The van der Waals surface area contributed by atoms with Crippen LogP contribution in [0.1, 0.15) is 16.1 Å². The lowest BCUT2D eigenvalue weighted by atomic mass is 9.97. The highest BCUT2D eigenvalue weighted by Gasteiger charge is 2.20. The second-order valence-corrected chi connectivity index (χ2v) is 4.67. The van der Waals surface area contributed by atoms with Crippen LogP contribution in [0.25, 0.3) is 0 Å². The van der Waals surface area contributed by atoms with Gasteiger partial charge in [0.15, 0.2) is 0 Å². The van der Waals surface area contributed by atoms with Gasteiger partial charge in [-0.1, -0.05) is 18.2 Å². The molecule has 2 heterocycles. The molecule has 19 heavy (non-hydrogen) atoms. The maximum atomic E-state index is 11.8. The third-order valence-corrected chi connectivity index (χ3v) is 3.25. The van der Waals surface area contributed by atoms with Crippen LogP contribution in [0, 0.1) is 5.92 Å². The lowest BCUT2D eigenvalue weighted by molar-refractivity contribution is 0.0934. The van der Waals surface area contributed by atoms with Gasteiger partial charge in [-0.2, -0.15) is 5.10 Å². The van der Waals surface area contributed by atoms with Crippen molar-refractivity contribution >= 4 is 5.91 Å². The molecule has 1 atom stereocenters. The topological polar surface area (TPSA) is 67.0 Å². The first-order chi connectivity index (χ1) is 9.33. The van der Waals surface area contributed by atoms with E-state index in [9.17, 15) is 4.79 Å². The lowest BCUT2D eigenvalue weighted by Crippen LogP contribution is -2.34. The smallest absolute Gasteiger partial charge is 0.269 e. The summed E-state index contributed by atoms with van der Waals surface area (Å²) in [6.45, 7) is 1.24. The Morgan fingerprint density at radius 2 is 2.32 bits per heavy atom. The number of amides is 1. The molecule has 1 aliphatic heterocycles. The van der Waals surface area contributed by atoms with Crippen molar-refractivity contribution in [2.75, 3.05) is 13.2 Å². The molecule has 0 aliphatic carbocycles. The van der Waals surface area contributed by atoms with E-state index in [0.29, 0.717) is 24.8 Å². The third kappa shape index (κ3) is 2.59. The Hall–Kier alpha value is -2.30. The van der Waals surface area contributed by atoms with Gasteiger partial charge in [-0.05, 0) is 24.1 Å². The lowest BCUT2D eigenvalue weighted by Gasteiger charge is -2.25. The molecule has 1 aliphatic rings. The number of carbonyl (C=O) groups is 1. The van der Waals surface area contributed by atoms with Crippen LogP contribution in [-0.4, -0.2) is 29.3 Å². The van der Waals surface area contributed by atoms with Gasteiger partial charge in [0, 0.05) is 18.7 Å². The number of rotatable bonds is 3. The number of aromatic amines is 1. The number of H-pyrrole nitrogens is 1. The number of carbonyl (C=O) groups excluding carboxylic acids is 1. The van der Waals surface area contributed by atoms with Crippen LogP contribution in [0.5, 0.6) is 5.75 Å². The molecule has 5 nitrogen and oxygen atoms in total. The van der Waals surface area contributed by atoms with Gasteiger partial charge < -0.3 is 10.1 Å². The first-order valence-corrected chi connectivity index (χ1v) is 6.31. The van der Waals surface area contributed by atoms with Crippen molar-refractivity contribution in [2.24, 2.45) is 5.92 Å². The molecule has 1 aromatic carbocycles. The summed E-state index contributed by atoms with van der Waals surface area (Å²) in [5.74, 6) is 1.14. The quantitative estimate of drug-likeness (QED) is 0.873. The monoisotopic (exact) mass is 257 g/mol. The fourth-order valence-electron chi connectivity index (χ4n) is 2.24. The Labute approximate surface area is 111 Å². The van der Waals surface area contributed by atoms with E-state index in [1.807, 2.05) is 18.2 Å². The van der Waals surface area contributed by atoms with Gasteiger partial charge >= 0.3 is 0 Å². The molecular weight excluding hydrogens is 242 g/mol. The average Bonchev–Trinajstić information content (AvgIpc) is 2.99. The molecule has 0 fully saturated rings. The van der Waals surface area contributed by atoms with Gasteiger partial charge in [-0.15, -0.1) is 0 Å². The van der Waals surface area contributed by atoms with Gasteiger partial charge in [-0.3, -0.25) is 9.89 Å². The second-order valence-electron chi connectivity index (χ2n) is 4.67. The number of para-hydroxylation sites is 1. The Morgan fingerprint density at radius 3 is 3.16 bits per heavy atom. The maximum Gasteiger partial charge on any atom is 0.269 e. The van der Waals surface area contributed by atoms with Gasteiger partial charge in [0.2, 0.25) is 0 Å². The molecular formula is C14H15N3O2. The van der Waals surface area contributed by atoms with Crippen molar-refractivity contribution in [3.8, 4) is 5.75 Å². The van der Waals surface area contributed by atoms with E-state index in [0.717, 1.165) is 12.2 Å². The predicted molar refractivity (Wildman–Crippen MR) is 70.1 cm³/mol. The van der Waals surface area contributed by atoms with Crippen LogP contribution in [0.4, 0.5) is 0 Å². The van der Waals surface area contributed by atoms with Crippen LogP contribution in [0.15, 0.2) is 36.5 Å². The number of benzene rings is 1. The molecule has 1 aromatic heterocycles. The number of fused-ring (bicyclic) bond motifs is 1. The predicted octanol–water partition coefficient (Wildman–Crippen LogP) is 1.39. The minimum Gasteiger partial charge on any atom is -0.493 e. The van der Waals surface area contributed by atoms with Gasteiger partial charge in [-0.25, -0.2) is 0 Å². The molecule has 1 amide bonds. The summed E-state index contributed by atoms with van der Waals surface area (Å²) in [7, 11) is 0. The van der Waals surface area contributed by atoms with Gasteiger partial charge in [0.05, 0.1) is 6.61 Å². The molecule has 1 unspecified atom stereocenters. The standard InChI is InChI=1S/C14H15N3O2/c18-14(12-5-6-16-17-12)15-8-10-7-11-3-1-2-4-13(11)19-9-10/h1-6,10H,7-9H2,(H,15,18)(H,16,17). The SMILES string of the molecule is O=C(NCC1COc2ccccc2C1)c1ccn[nH]1. The van der Waals surface area contributed by atoms with E-state index >= 15 is 0 Å². The maximum absolute atomic E-state index is 11.8. The number of ether oxygens (including phenoxy) is 1. The Bertz CT molecular complexity index is 566. The van der Waals surface area contributed by atoms with Crippen LogP contribution >= 0.6 is 0 Å². The zero-order chi connectivity index (χ0) is 13.1. The summed E-state index contributed by atoms with van der Waals surface area (Å²) in [6, 6.07) is 9.68. The fourth-order valence-corrected chi connectivity index (χ4v) is 2.24. The zero-order valence-corrected chi connectivity index (χ0v) is 10.4. The summed E-state index contributed by atoms with van der Waals surface area (Å²) in [6.07, 6.45) is 2.49. The highest BCUT2D eigenvalue weighted by molar-refractivity contribution is 5.92. The average molecular weight is 257 g/mol. The van der Waals surface area contributed by atoms with Gasteiger partial charge in [0.25, 0.3) is 5.91 Å². The molecule has 0 spiro atoms. The molecule has 0 bridgehead atoms. The highest BCUT2D eigenvalue weighted by atomic mass is 16.5. The van der Waals surface area contributed by atoms with Gasteiger partial charge in [0.1, 0.15) is 11.4 Å². The molecule has 3 rings (SSSR count). The minimum absolute atomic E-state index is 0.128. The number of nitrogens with one attached hydrogen (secondary N) is 2. The summed E-state index contributed by atoms with van der Waals surface area (Å²) in [4.78, 5) is 11.8. The van der Waals surface area contributed by atoms with E-state index in [2.05, 4.69) is 21.6 Å². The van der Waals surface area contributed by atoms with Crippen molar-refractivity contribution in [3.63, 3.8) is 0 Å². The van der Waals surface area contributed by atoms with E-state index in [1.54, 1.807) is 12.3 Å². The first-order valence-electron chi connectivity index (χ1n) is 6.31. The molecule has 2 aromatic rings. The van der Waals surface area contributed by atoms with E-state index < -0.39 is 0 Å². The molecule has 98 valence electrons. The minimum atomic E-state index is -0.128. The molecule has 0 saturated heterocycles. The molecule has 2 N–H and O–H groups in total. The summed E-state index contributed by atoms with van der Waals surface area (Å²) in [5.41, 5.74) is 1.69.